The molecule has 116 valence electrons. The molecule has 3 fully saturated rings. The van der Waals surface area contributed by atoms with Crippen molar-refractivity contribution in [3.63, 3.8) is 0 Å². The van der Waals surface area contributed by atoms with Crippen LogP contribution in [0.4, 0.5) is 0 Å². The number of rotatable bonds is 3. The minimum atomic E-state index is -0.103. The van der Waals surface area contributed by atoms with E-state index < -0.39 is 0 Å². The second-order valence-electron chi connectivity index (χ2n) is 6.52. The van der Waals surface area contributed by atoms with Crippen LogP contribution < -0.4 is 10.6 Å². The molecule has 1 amide bonds. The molecule has 0 aromatic rings. The Hall–Kier alpha value is -0.320. The monoisotopic (exact) mass is 302 g/mol. The van der Waals surface area contributed by atoms with E-state index in [0.717, 1.165) is 45.7 Å². The highest BCUT2D eigenvalue weighted by molar-refractivity contribution is 5.85. The van der Waals surface area contributed by atoms with Crippen LogP contribution in [0.3, 0.4) is 0 Å². The Labute approximate surface area is 127 Å². The highest BCUT2D eigenvalue weighted by Crippen LogP contribution is 2.43. The van der Waals surface area contributed by atoms with Gasteiger partial charge in [0.05, 0.1) is 12.0 Å². The van der Waals surface area contributed by atoms with Crippen LogP contribution in [0.5, 0.6) is 0 Å². The minimum absolute atomic E-state index is 0. The first-order chi connectivity index (χ1) is 9.31. The summed E-state index contributed by atoms with van der Waals surface area (Å²) in [4.78, 5) is 12.7. The molecule has 0 spiro atoms. The fraction of sp³-hybridized carbons (Fsp3) is 0.933. The Morgan fingerprint density at radius 1 is 1.30 bits per heavy atom. The van der Waals surface area contributed by atoms with Gasteiger partial charge in [-0.3, -0.25) is 4.79 Å². The fourth-order valence-corrected chi connectivity index (χ4v) is 4.07. The average molecular weight is 303 g/mol. The van der Waals surface area contributed by atoms with Gasteiger partial charge in [-0.05, 0) is 44.1 Å². The summed E-state index contributed by atoms with van der Waals surface area (Å²) in [5.41, 5.74) is -0.103. The van der Waals surface area contributed by atoms with Crippen LogP contribution in [0.1, 0.15) is 38.5 Å². The first-order valence-electron chi connectivity index (χ1n) is 7.88. The number of carbonyl (C=O) groups excluding carboxylic acids is 1. The summed E-state index contributed by atoms with van der Waals surface area (Å²) < 4.78 is 5.48. The maximum Gasteiger partial charge on any atom is 0.227 e. The quantitative estimate of drug-likeness (QED) is 0.835. The lowest BCUT2D eigenvalue weighted by atomic mass is 9.67. The molecule has 2 aliphatic heterocycles. The molecule has 0 radical (unpaired) electrons. The fourth-order valence-electron chi connectivity index (χ4n) is 4.07. The topological polar surface area (TPSA) is 50.4 Å². The van der Waals surface area contributed by atoms with Gasteiger partial charge in [-0.1, -0.05) is 12.8 Å². The van der Waals surface area contributed by atoms with Crippen molar-refractivity contribution < 1.29 is 9.53 Å². The van der Waals surface area contributed by atoms with Gasteiger partial charge in [-0.2, -0.15) is 0 Å². The van der Waals surface area contributed by atoms with Crippen LogP contribution in [-0.4, -0.2) is 38.8 Å². The lowest BCUT2D eigenvalue weighted by Crippen LogP contribution is -2.49. The Kier molecular flexibility index (Phi) is 5.70. The van der Waals surface area contributed by atoms with Gasteiger partial charge in [0.15, 0.2) is 0 Å². The van der Waals surface area contributed by atoms with E-state index in [1.807, 2.05) is 0 Å². The molecule has 5 heteroatoms. The first kappa shape index (κ1) is 16.1. The van der Waals surface area contributed by atoms with Crippen LogP contribution >= 0.6 is 12.4 Å². The van der Waals surface area contributed by atoms with Gasteiger partial charge in [0.1, 0.15) is 0 Å². The molecule has 1 saturated carbocycles. The Bertz CT molecular complexity index is 334. The molecule has 3 rings (SSSR count). The van der Waals surface area contributed by atoms with E-state index in [9.17, 15) is 4.79 Å². The number of hydrogen-bond acceptors (Lipinski definition) is 3. The van der Waals surface area contributed by atoms with Gasteiger partial charge in [0, 0.05) is 19.7 Å². The highest BCUT2D eigenvalue weighted by Gasteiger charge is 2.49. The van der Waals surface area contributed by atoms with Gasteiger partial charge in [0.2, 0.25) is 5.91 Å². The molecule has 0 aromatic heterocycles. The van der Waals surface area contributed by atoms with Crippen LogP contribution in [0.2, 0.25) is 0 Å². The second-order valence-corrected chi connectivity index (χ2v) is 6.52. The second kappa shape index (κ2) is 7.10. The number of carbonyl (C=O) groups is 1. The number of hydrogen-bond donors (Lipinski definition) is 2. The van der Waals surface area contributed by atoms with Crippen molar-refractivity contribution in [1.29, 1.82) is 0 Å². The van der Waals surface area contributed by atoms with E-state index in [1.165, 1.54) is 25.7 Å². The zero-order valence-electron chi connectivity index (χ0n) is 12.2. The van der Waals surface area contributed by atoms with E-state index in [0.29, 0.717) is 17.7 Å². The highest BCUT2D eigenvalue weighted by atomic mass is 35.5. The van der Waals surface area contributed by atoms with Gasteiger partial charge in [-0.15, -0.1) is 12.4 Å². The number of fused-ring (bicyclic) bond motifs is 1. The summed E-state index contributed by atoms with van der Waals surface area (Å²) in [5, 5.41) is 6.66. The lowest BCUT2D eigenvalue weighted by molar-refractivity contribution is -0.134. The normalized spacial score (nSPS) is 36.8. The summed E-state index contributed by atoms with van der Waals surface area (Å²) >= 11 is 0. The standard InChI is InChI=1S/C15H26N2O2.ClH/c18-14(17-8-12-4-3-7-19-10-12)15-6-2-1-5-13(15)9-16-11-15;/h12-13,16H,1-11H2,(H,17,18);1H/t12?,13-,15+;/m0./s1. The maximum absolute atomic E-state index is 12.7. The number of amides is 1. The molecule has 0 aromatic carbocycles. The van der Waals surface area contributed by atoms with Crippen molar-refractivity contribution in [2.45, 2.75) is 38.5 Å². The molecular formula is C15H27ClN2O2. The maximum atomic E-state index is 12.7. The largest absolute Gasteiger partial charge is 0.381 e. The van der Waals surface area contributed by atoms with Crippen LogP contribution in [-0.2, 0) is 9.53 Å². The number of nitrogens with one attached hydrogen (secondary N) is 2. The molecule has 3 atom stereocenters. The predicted octanol–water partition coefficient (Wildman–Crippen LogP) is 1.73. The minimum Gasteiger partial charge on any atom is -0.381 e. The summed E-state index contributed by atoms with van der Waals surface area (Å²) in [6.45, 7) is 4.41. The Morgan fingerprint density at radius 3 is 3.00 bits per heavy atom. The SMILES string of the molecule is Cl.O=C(NCC1CCCOC1)[C@@]12CCCC[C@H]1CNC2. The summed E-state index contributed by atoms with van der Waals surface area (Å²) in [6, 6.07) is 0. The molecule has 1 aliphatic carbocycles. The van der Waals surface area contributed by atoms with Crippen LogP contribution in [0.25, 0.3) is 0 Å². The molecule has 2 N–H and O–H groups in total. The van der Waals surface area contributed by atoms with Crippen molar-refractivity contribution in [1.82, 2.24) is 10.6 Å². The molecule has 2 saturated heterocycles. The van der Waals surface area contributed by atoms with Crippen molar-refractivity contribution in [3.8, 4) is 0 Å². The third-order valence-corrected chi connectivity index (χ3v) is 5.30. The molecular weight excluding hydrogens is 276 g/mol. The third-order valence-electron chi connectivity index (χ3n) is 5.30. The van der Waals surface area contributed by atoms with Gasteiger partial charge in [-0.25, -0.2) is 0 Å². The molecule has 4 nitrogen and oxygen atoms in total. The summed E-state index contributed by atoms with van der Waals surface area (Å²) in [6.07, 6.45) is 7.10. The van der Waals surface area contributed by atoms with E-state index in [2.05, 4.69) is 10.6 Å². The van der Waals surface area contributed by atoms with E-state index in [4.69, 9.17) is 4.74 Å². The Balaban J connectivity index is 0.00000147. The van der Waals surface area contributed by atoms with Crippen LogP contribution in [0.15, 0.2) is 0 Å². The lowest BCUT2D eigenvalue weighted by Gasteiger charge is -2.37. The number of ether oxygens (including phenoxy) is 1. The van der Waals surface area contributed by atoms with Crippen molar-refractivity contribution in [3.05, 3.63) is 0 Å². The van der Waals surface area contributed by atoms with Gasteiger partial charge in [0.25, 0.3) is 0 Å². The predicted molar refractivity (Wildman–Crippen MR) is 81.1 cm³/mol. The smallest absolute Gasteiger partial charge is 0.227 e. The van der Waals surface area contributed by atoms with E-state index >= 15 is 0 Å². The van der Waals surface area contributed by atoms with Gasteiger partial charge < -0.3 is 15.4 Å². The van der Waals surface area contributed by atoms with Crippen molar-refractivity contribution >= 4 is 18.3 Å². The van der Waals surface area contributed by atoms with Crippen molar-refractivity contribution in [2.75, 3.05) is 32.8 Å². The third kappa shape index (κ3) is 3.12. The van der Waals surface area contributed by atoms with E-state index in [-0.39, 0.29) is 17.8 Å². The van der Waals surface area contributed by atoms with E-state index in [1.54, 1.807) is 0 Å². The molecule has 2 heterocycles. The average Bonchev–Trinajstić information content (AvgIpc) is 2.91. The Morgan fingerprint density at radius 2 is 2.20 bits per heavy atom. The molecule has 0 bridgehead atoms. The summed E-state index contributed by atoms with van der Waals surface area (Å²) in [5.74, 6) is 1.38. The van der Waals surface area contributed by atoms with Gasteiger partial charge >= 0.3 is 0 Å². The zero-order valence-corrected chi connectivity index (χ0v) is 13.0. The molecule has 3 aliphatic rings. The molecule has 20 heavy (non-hydrogen) atoms. The van der Waals surface area contributed by atoms with Crippen molar-refractivity contribution in [2.24, 2.45) is 17.3 Å². The van der Waals surface area contributed by atoms with Crippen LogP contribution in [0, 0.1) is 17.3 Å². The molecule has 1 unspecified atom stereocenters. The zero-order chi connectivity index (χ0) is 13.1. The summed E-state index contributed by atoms with van der Waals surface area (Å²) in [7, 11) is 0. The number of halogens is 1. The first-order valence-corrected chi connectivity index (χ1v) is 7.88.